The molecule has 1 aromatic heterocycles. The number of hydrogen-bond acceptors (Lipinski definition) is 8. The average Bonchev–Trinajstić information content (AvgIpc) is 3.15. The lowest BCUT2D eigenvalue weighted by atomic mass is 10.2. The normalized spacial score (nSPS) is 18.6. The summed E-state index contributed by atoms with van der Waals surface area (Å²) in [5.41, 5.74) is 1.44. The molecule has 1 atom stereocenters. The second-order valence-electron chi connectivity index (χ2n) is 5.44. The highest BCUT2D eigenvalue weighted by Crippen LogP contribution is 2.32. The maximum absolute atomic E-state index is 12.4. The lowest BCUT2D eigenvalue weighted by Crippen LogP contribution is -2.24. The molecule has 1 aromatic carbocycles. The van der Waals surface area contributed by atoms with Crippen LogP contribution in [0, 0.1) is 0 Å². The number of aromatic nitrogens is 2. The van der Waals surface area contributed by atoms with E-state index in [-0.39, 0.29) is 16.5 Å². The van der Waals surface area contributed by atoms with Crippen molar-refractivity contribution >= 4 is 44.1 Å². The van der Waals surface area contributed by atoms with Crippen LogP contribution < -0.4 is 4.90 Å². The maximum atomic E-state index is 12.4. The van der Waals surface area contributed by atoms with Gasteiger partial charge < -0.3 is 4.90 Å². The molecule has 0 spiro atoms. The summed E-state index contributed by atoms with van der Waals surface area (Å²) < 4.78 is 30.7. The van der Waals surface area contributed by atoms with Crippen LogP contribution in [-0.2, 0) is 10.0 Å². The van der Waals surface area contributed by atoms with Gasteiger partial charge in [-0.05, 0) is 41.1 Å². The monoisotopic (exact) mass is 353 g/mol. The lowest BCUT2D eigenvalue weighted by molar-refractivity contribution is 0.315. The van der Waals surface area contributed by atoms with Gasteiger partial charge in [-0.2, -0.15) is 0 Å². The van der Waals surface area contributed by atoms with E-state index >= 15 is 0 Å². The Morgan fingerprint density at radius 1 is 1.39 bits per heavy atom. The van der Waals surface area contributed by atoms with Crippen molar-refractivity contribution in [1.29, 1.82) is 0 Å². The van der Waals surface area contributed by atoms with Crippen molar-refractivity contribution in [1.82, 2.24) is 14.6 Å². The van der Waals surface area contributed by atoms with Crippen molar-refractivity contribution in [3.8, 4) is 0 Å². The fourth-order valence-corrected chi connectivity index (χ4v) is 3.79. The van der Waals surface area contributed by atoms with E-state index in [2.05, 4.69) is 37.6 Å². The molecule has 1 aliphatic heterocycles. The molecule has 1 saturated heterocycles. The van der Waals surface area contributed by atoms with E-state index in [1.54, 1.807) is 6.07 Å². The quantitative estimate of drug-likeness (QED) is 0.601. The number of sulfonamides is 1. The van der Waals surface area contributed by atoms with E-state index in [9.17, 15) is 8.42 Å². The average molecular weight is 353 g/mol. The number of hydrogen-bond donors (Lipinski definition) is 0. The van der Waals surface area contributed by atoms with Gasteiger partial charge in [0.25, 0.3) is 0 Å². The Morgan fingerprint density at radius 2 is 2.13 bits per heavy atom. The molecule has 2 aromatic rings. The molecular weight excluding hydrogens is 338 g/mol. The Kier molecular flexibility index (Phi) is 4.15. The molecular formula is C13H15N5O3S2. The number of benzene rings is 1. The van der Waals surface area contributed by atoms with Gasteiger partial charge in [0.2, 0.25) is 10.0 Å². The number of rotatable bonds is 4. The maximum Gasteiger partial charge on any atom is 0.244 e. The first-order valence-corrected chi connectivity index (χ1v) is 8.79. The molecule has 0 saturated carbocycles. The Morgan fingerprint density at radius 3 is 2.83 bits per heavy atom. The zero-order valence-electron chi connectivity index (χ0n) is 12.6. The zero-order valence-corrected chi connectivity index (χ0v) is 14.3. The molecule has 0 bridgehead atoms. The Labute approximate surface area is 138 Å². The largest absolute Gasteiger partial charge is 0.367 e. The molecule has 0 radical (unpaired) electrons. The lowest BCUT2D eigenvalue weighted by Gasteiger charge is -2.19. The predicted molar refractivity (Wildman–Crippen MR) is 88.3 cm³/mol. The summed E-state index contributed by atoms with van der Waals surface area (Å²) in [6, 6.07) is 3.35. The standard InChI is InChI=1S/C13H15N5O3S2/c1-17(2)23(19,20)11-4-3-10(12-13(11)16-21-15-12)18-6-5-9(7-18)14-8-22/h3-4,9H,5-7H2,1-2H3. The SMILES string of the molecule is CN(C)S(=O)(=O)c1ccc(N2CCC(N=C=S)C2)c2nonc12. The highest BCUT2D eigenvalue weighted by molar-refractivity contribution is 7.89. The summed E-state index contributed by atoms with van der Waals surface area (Å²) in [5, 5.41) is 10.1. The molecule has 2 heterocycles. The first-order chi connectivity index (χ1) is 10.9. The fourth-order valence-electron chi connectivity index (χ4n) is 2.63. The second-order valence-corrected chi connectivity index (χ2v) is 7.74. The second kappa shape index (κ2) is 5.97. The van der Waals surface area contributed by atoms with Gasteiger partial charge in [0.15, 0.2) is 11.0 Å². The molecule has 0 amide bonds. The highest BCUT2D eigenvalue weighted by atomic mass is 32.2. The van der Waals surface area contributed by atoms with E-state index < -0.39 is 10.0 Å². The molecule has 1 aliphatic rings. The van der Waals surface area contributed by atoms with Crippen molar-refractivity contribution in [3.63, 3.8) is 0 Å². The number of thiocarbonyl (C=S) groups is 1. The molecule has 0 N–H and O–H groups in total. The predicted octanol–water partition coefficient (Wildman–Crippen LogP) is 1.15. The first kappa shape index (κ1) is 16.0. The van der Waals surface area contributed by atoms with E-state index in [1.165, 1.54) is 20.2 Å². The molecule has 3 rings (SSSR count). The minimum atomic E-state index is -3.62. The van der Waals surface area contributed by atoms with E-state index in [1.807, 2.05) is 0 Å². The van der Waals surface area contributed by atoms with Gasteiger partial charge in [0, 0.05) is 27.2 Å². The minimum absolute atomic E-state index is 0.0789. The zero-order chi connectivity index (χ0) is 16.6. The number of isothiocyanates is 1. The van der Waals surface area contributed by atoms with Gasteiger partial charge in [0.1, 0.15) is 4.90 Å². The Bertz CT molecular complexity index is 886. The van der Waals surface area contributed by atoms with Crippen LogP contribution in [0.1, 0.15) is 6.42 Å². The number of aliphatic imine (C=N–C) groups is 1. The third-order valence-electron chi connectivity index (χ3n) is 3.86. The van der Waals surface area contributed by atoms with E-state index in [0.717, 1.165) is 23.0 Å². The number of nitrogens with zero attached hydrogens (tertiary/aromatic N) is 5. The Hall–Kier alpha value is -1.87. The highest BCUT2D eigenvalue weighted by Gasteiger charge is 2.28. The molecule has 23 heavy (non-hydrogen) atoms. The van der Waals surface area contributed by atoms with E-state index in [0.29, 0.717) is 12.1 Å². The molecule has 0 aliphatic carbocycles. The summed E-state index contributed by atoms with van der Waals surface area (Å²) >= 11 is 4.65. The van der Waals surface area contributed by atoms with Crippen molar-refractivity contribution < 1.29 is 13.0 Å². The summed E-state index contributed by atoms with van der Waals surface area (Å²) in [5.74, 6) is 0. The molecule has 1 fully saturated rings. The third kappa shape index (κ3) is 2.74. The van der Waals surface area contributed by atoms with Crippen molar-refractivity contribution in [2.75, 3.05) is 32.1 Å². The summed E-state index contributed by atoms with van der Waals surface area (Å²) in [4.78, 5) is 6.26. The van der Waals surface area contributed by atoms with Crippen LogP contribution in [0.2, 0.25) is 0 Å². The van der Waals surface area contributed by atoms with Crippen LogP contribution in [0.25, 0.3) is 11.0 Å². The molecule has 122 valence electrons. The van der Waals surface area contributed by atoms with Crippen molar-refractivity contribution in [2.45, 2.75) is 17.4 Å². The van der Waals surface area contributed by atoms with Gasteiger partial charge in [-0.15, -0.1) is 0 Å². The Balaban J connectivity index is 2.06. The van der Waals surface area contributed by atoms with Crippen LogP contribution in [0.4, 0.5) is 5.69 Å². The van der Waals surface area contributed by atoms with Gasteiger partial charge in [-0.3, -0.25) is 0 Å². The number of fused-ring (bicyclic) bond motifs is 1. The van der Waals surface area contributed by atoms with Crippen molar-refractivity contribution in [3.05, 3.63) is 12.1 Å². The minimum Gasteiger partial charge on any atom is -0.367 e. The number of anilines is 1. The summed E-state index contributed by atoms with van der Waals surface area (Å²) in [6.45, 7) is 1.44. The van der Waals surface area contributed by atoms with Crippen LogP contribution in [0.5, 0.6) is 0 Å². The topological polar surface area (TPSA) is 91.9 Å². The summed E-state index contributed by atoms with van der Waals surface area (Å²) in [7, 11) is -0.685. The van der Waals surface area contributed by atoms with E-state index in [4.69, 9.17) is 4.63 Å². The smallest absolute Gasteiger partial charge is 0.244 e. The van der Waals surface area contributed by atoms with Crippen LogP contribution in [-0.4, -0.2) is 61.4 Å². The summed E-state index contributed by atoms with van der Waals surface area (Å²) in [6.07, 6.45) is 0.855. The van der Waals surface area contributed by atoms with Gasteiger partial charge >= 0.3 is 0 Å². The molecule has 10 heteroatoms. The first-order valence-electron chi connectivity index (χ1n) is 6.95. The molecule has 1 unspecified atom stereocenters. The van der Waals surface area contributed by atoms with Gasteiger partial charge in [-0.1, -0.05) is 0 Å². The van der Waals surface area contributed by atoms with Crippen molar-refractivity contribution in [2.24, 2.45) is 4.99 Å². The fraction of sp³-hybridized carbons (Fsp3) is 0.462. The van der Waals surface area contributed by atoms with Gasteiger partial charge in [0.05, 0.1) is 16.9 Å². The third-order valence-corrected chi connectivity index (χ3v) is 5.81. The molecule has 8 nitrogen and oxygen atoms in total. The van der Waals surface area contributed by atoms with Gasteiger partial charge in [-0.25, -0.2) is 22.3 Å². The van der Waals surface area contributed by atoms with Crippen LogP contribution in [0.15, 0.2) is 26.6 Å². The van der Waals surface area contributed by atoms with Crippen LogP contribution in [0.3, 0.4) is 0 Å². The van der Waals surface area contributed by atoms with Crippen LogP contribution >= 0.6 is 12.2 Å².